The lowest BCUT2D eigenvalue weighted by atomic mass is 10.2. The number of rotatable bonds is 9. The summed E-state index contributed by atoms with van der Waals surface area (Å²) in [5, 5.41) is 8.11. The Bertz CT molecular complexity index is 1100. The van der Waals surface area contributed by atoms with Crippen LogP contribution >= 0.6 is 0 Å². The third-order valence-electron chi connectivity index (χ3n) is 5.19. The van der Waals surface area contributed by atoms with Gasteiger partial charge >= 0.3 is 5.97 Å². The zero-order chi connectivity index (χ0) is 21.8. The number of hydrogen-bond donors (Lipinski definition) is 1. The summed E-state index contributed by atoms with van der Waals surface area (Å²) in [6.07, 6.45) is 3.38. The van der Waals surface area contributed by atoms with Gasteiger partial charge in [0.15, 0.2) is 17.3 Å². The predicted octanol–water partition coefficient (Wildman–Crippen LogP) is 3.15. The Morgan fingerprint density at radius 2 is 2.06 bits per heavy atom. The Morgan fingerprint density at radius 1 is 1.23 bits per heavy atom. The standard InChI is InChI=1S/C22H27N5O4/c1-4-6-15-20-21(27(2)26-15)22(25-18(24-20)7-5-8-19(28)29-3)23-12-14-9-10-16-17(11-14)31-13-30-16/h9-11H,4-8,12-13H2,1-3H3,(H,23,24,25). The minimum absolute atomic E-state index is 0.227. The second-order valence-electron chi connectivity index (χ2n) is 7.48. The number of hydrogen-bond acceptors (Lipinski definition) is 8. The van der Waals surface area contributed by atoms with E-state index in [-0.39, 0.29) is 12.8 Å². The normalized spacial score (nSPS) is 12.4. The maximum atomic E-state index is 11.5. The highest BCUT2D eigenvalue weighted by molar-refractivity contribution is 5.87. The average Bonchev–Trinajstić information content (AvgIpc) is 3.36. The molecule has 9 heteroatoms. The Balaban J connectivity index is 1.60. The fraction of sp³-hybridized carbons (Fsp3) is 0.455. The molecule has 3 aromatic rings. The van der Waals surface area contributed by atoms with E-state index in [0.717, 1.165) is 52.4 Å². The largest absolute Gasteiger partial charge is 0.469 e. The van der Waals surface area contributed by atoms with Crippen molar-refractivity contribution in [3.63, 3.8) is 0 Å². The minimum atomic E-state index is -0.227. The molecule has 2 aromatic heterocycles. The van der Waals surface area contributed by atoms with Crippen molar-refractivity contribution in [1.82, 2.24) is 19.7 Å². The molecule has 0 fully saturated rings. The van der Waals surface area contributed by atoms with Crippen molar-refractivity contribution in [2.24, 2.45) is 7.05 Å². The van der Waals surface area contributed by atoms with E-state index in [4.69, 9.17) is 24.2 Å². The first-order valence-corrected chi connectivity index (χ1v) is 10.5. The van der Waals surface area contributed by atoms with Crippen molar-refractivity contribution >= 4 is 22.8 Å². The topological polar surface area (TPSA) is 100 Å². The molecule has 0 spiro atoms. The number of carbonyl (C=O) groups is 1. The molecule has 31 heavy (non-hydrogen) atoms. The van der Waals surface area contributed by atoms with Gasteiger partial charge in [-0.3, -0.25) is 9.48 Å². The van der Waals surface area contributed by atoms with Gasteiger partial charge in [0, 0.05) is 26.4 Å². The van der Waals surface area contributed by atoms with Crippen LogP contribution in [0.3, 0.4) is 0 Å². The molecule has 1 aliphatic heterocycles. The number of aromatic nitrogens is 4. The van der Waals surface area contributed by atoms with E-state index in [2.05, 4.69) is 17.3 Å². The van der Waals surface area contributed by atoms with Crippen LogP contribution in [0.25, 0.3) is 11.0 Å². The van der Waals surface area contributed by atoms with Gasteiger partial charge < -0.3 is 19.5 Å². The predicted molar refractivity (Wildman–Crippen MR) is 115 cm³/mol. The van der Waals surface area contributed by atoms with Crippen molar-refractivity contribution in [2.45, 2.75) is 45.6 Å². The summed E-state index contributed by atoms with van der Waals surface area (Å²) in [5.74, 6) is 2.71. The summed E-state index contributed by atoms with van der Waals surface area (Å²) >= 11 is 0. The highest BCUT2D eigenvalue weighted by Crippen LogP contribution is 2.33. The molecule has 1 aromatic carbocycles. The summed E-state index contributed by atoms with van der Waals surface area (Å²) in [7, 11) is 3.31. The van der Waals surface area contributed by atoms with Gasteiger partial charge in [0.05, 0.1) is 12.8 Å². The Morgan fingerprint density at radius 3 is 2.87 bits per heavy atom. The van der Waals surface area contributed by atoms with Crippen LogP contribution in [0.1, 0.15) is 43.3 Å². The second-order valence-corrected chi connectivity index (χ2v) is 7.48. The zero-order valence-electron chi connectivity index (χ0n) is 18.1. The van der Waals surface area contributed by atoms with Gasteiger partial charge in [-0.2, -0.15) is 5.10 Å². The average molecular weight is 425 g/mol. The molecule has 1 aliphatic rings. The van der Waals surface area contributed by atoms with Gasteiger partial charge in [-0.25, -0.2) is 9.97 Å². The van der Waals surface area contributed by atoms with Crippen LogP contribution in [0, 0.1) is 0 Å². The van der Waals surface area contributed by atoms with E-state index in [0.29, 0.717) is 31.6 Å². The molecule has 164 valence electrons. The number of nitrogens with zero attached hydrogens (tertiary/aromatic N) is 4. The van der Waals surface area contributed by atoms with Crippen molar-refractivity contribution in [3.05, 3.63) is 35.3 Å². The molecule has 1 N–H and O–H groups in total. The highest BCUT2D eigenvalue weighted by Gasteiger charge is 2.18. The first-order valence-electron chi connectivity index (χ1n) is 10.5. The van der Waals surface area contributed by atoms with Gasteiger partial charge in [0.1, 0.15) is 16.9 Å². The molecule has 4 rings (SSSR count). The van der Waals surface area contributed by atoms with Crippen molar-refractivity contribution in [3.8, 4) is 11.5 Å². The van der Waals surface area contributed by atoms with Crippen LogP contribution in [0.2, 0.25) is 0 Å². The van der Waals surface area contributed by atoms with Gasteiger partial charge in [-0.15, -0.1) is 0 Å². The second kappa shape index (κ2) is 9.20. The van der Waals surface area contributed by atoms with Crippen molar-refractivity contribution in [2.75, 3.05) is 19.2 Å². The monoisotopic (exact) mass is 425 g/mol. The van der Waals surface area contributed by atoms with Gasteiger partial charge in [0.25, 0.3) is 0 Å². The van der Waals surface area contributed by atoms with E-state index in [9.17, 15) is 4.79 Å². The smallest absolute Gasteiger partial charge is 0.305 e. The van der Waals surface area contributed by atoms with E-state index in [1.807, 2.05) is 29.9 Å². The first-order chi connectivity index (χ1) is 15.1. The Labute approximate surface area is 180 Å². The number of benzene rings is 1. The summed E-state index contributed by atoms with van der Waals surface area (Å²) in [6, 6.07) is 5.88. The molecule has 0 radical (unpaired) electrons. The molecule has 0 amide bonds. The van der Waals surface area contributed by atoms with Gasteiger partial charge in [-0.1, -0.05) is 19.4 Å². The van der Waals surface area contributed by atoms with Crippen molar-refractivity contribution in [1.29, 1.82) is 0 Å². The number of aryl methyl sites for hydroxylation is 3. The maximum Gasteiger partial charge on any atom is 0.305 e. The molecule has 3 heterocycles. The molecular weight excluding hydrogens is 398 g/mol. The Hall–Kier alpha value is -3.36. The lowest BCUT2D eigenvalue weighted by Gasteiger charge is -2.11. The number of esters is 1. The summed E-state index contributed by atoms with van der Waals surface area (Å²) in [4.78, 5) is 21.0. The zero-order valence-corrected chi connectivity index (χ0v) is 18.1. The number of carbonyl (C=O) groups excluding carboxylic acids is 1. The van der Waals surface area contributed by atoms with E-state index < -0.39 is 0 Å². The van der Waals surface area contributed by atoms with E-state index in [1.165, 1.54) is 7.11 Å². The summed E-state index contributed by atoms with van der Waals surface area (Å²) in [5.41, 5.74) is 3.75. The quantitative estimate of drug-likeness (QED) is 0.522. The lowest BCUT2D eigenvalue weighted by Crippen LogP contribution is -2.08. The van der Waals surface area contributed by atoms with Crippen LogP contribution in [0.15, 0.2) is 18.2 Å². The van der Waals surface area contributed by atoms with Crippen LogP contribution in [0.4, 0.5) is 5.82 Å². The summed E-state index contributed by atoms with van der Waals surface area (Å²) in [6.45, 7) is 2.94. The fourth-order valence-electron chi connectivity index (χ4n) is 3.66. The Kier molecular flexibility index (Phi) is 6.20. The van der Waals surface area contributed by atoms with E-state index in [1.54, 1.807) is 0 Å². The SMILES string of the molecule is CCCc1nn(C)c2c(NCc3ccc4c(c3)OCO4)nc(CCCC(=O)OC)nc12. The third kappa shape index (κ3) is 4.55. The number of nitrogens with one attached hydrogen (secondary N) is 1. The van der Waals surface area contributed by atoms with Crippen LogP contribution in [-0.4, -0.2) is 39.6 Å². The number of methoxy groups -OCH3 is 1. The number of anilines is 1. The minimum Gasteiger partial charge on any atom is -0.469 e. The fourth-order valence-corrected chi connectivity index (χ4v) is 3.66. The van der Waals surface area contributed by atoms with Gasteiger partial charge in [0.2, 0.25) is 6.79 Å². The number of ether oxygens (including phenoxy) is 3. The molecule has 0 saturated carbocycles. The van der Waals surface area contributed by atoms with Crippen LogP contribution in [0.5, 0.6) is 11.5 Å². The molecule has 0 aliphatic carbocycles. The van der Waals surface area contributed by atoms with Gasteiger partial charge in [-0.05, 0) is 30.5 Å². The summed E-state index contributed by atoms with van der Waals surface area (Å²) < 4.78 is 17.4. The van der Waals surface area contributed by atoms with E-state index >= 15 is 0 Å². The van der Waals surface area contributed by atoms with Crippen LogP contribution < -0.4 is 14.8 Å². The lowest BCUT2D eigenvalue weighted by molar-refractivity contribution is -0.140. The molecule has 0 saturated heterocycles. The highest BCUT2D eigenvalue weighted by atomic mass is 16.7. The molecule has 9 nitrogen and oxygen atoms in total. The van der Waals surface area contributed by atoms with Crippen molar-refractivity contribution < 1.29 is 19.0 Å². The molecule has 0 atom stereocenters. The molecular formula is C22H27N5O4. The number of fused-ring (bicyclic) bond motifs is 2. The maximum absolute atomic E-state index is 11.5. The van der Waals surface area contributed by atoms with Crippen LogP contribution in [-0.2, 0) is 36.0 Å². The third-order valence-corrected chi connectivity index (χ3v) is 5.19. The molecule has 0 unspecified atom stereocenters. The molecule has 0 bridgehead atoms. The first kappa shape index (κ1) is 20.9.